The fourth-order valence-electron chi connectivity index (χ4n) is 1.66. The quantitative estimate of drug-likeness (QED) is 0.899. The molecule has 3 nitrogen and oxygen atoms in total. The van der Waals surface area contributed by atoms with E-state index in [0.29, 0.717) is 28.4 Å². The largest absolute Gasteiger partial charge is 0.508 e. The van der Waals surface area contributed by atoms with E-state index in [9.17, 15) is 9.50 Å². The van der Waals surface area contributed by atoms with Crippen LogP contribution in [0.15, 0.2) is 36.4 Å². The summed E-state index contributed by atoms with van der Waals surface area (Å²) in [5.41, 5.74) is 1.67. The maximum Gasteiger partial charge on any atom is 0.127 e. The summed E-state index contributed by atoms with van der Waals surface area (Å²) >= 11 is 5.82. The van der Waals surface area contributed by atoms with Gasteiger partial charge in [0.05, 0.1) is 10.6 Å². The molecule has 0 unspecified atom stereocenters. The molecule has 2 N–H and O–H groups in total. The molecule has 0 saturated carbocycles. The Labute approximate surface area is 114 Å². The molecular formula is C14H10ClFN2O. The third-order valence-corrected chi connectivity index (χ3v) is 2.86. The molecule has 0 aliphatic rings. The van der Waals surface area contributed by atoms with Gasteiger partial charge in [-0.25, -0.2) is 4.39 Å². The molecule has 5 heteroatoms. The number of rotatable bonds is 3. The van der Waals surface area contributed by atoms with Gasteiger partial charge in [0, 0.05) is 18.3 Å². The number of nitrogens with zero attached hydrogens (tertiary/aromatic N) is 1. The van der Waals surface area contributed by atoms with Gasteiger partial charge in [0.2, 0.25) is 0 Å². The summed E-state index contributed by atoms with van der Waals surface area (Å²) in [5.74, 6) is -0.615. The maximum absolute atomic E-state index is 13.1. The summed E-state index contributed by atoms with van der Waals surface area (Å²) in [6, 6.07) is 10.8. The van der Waals surface area contributed by atoms with Crippen LogP contribution in [0, 0.1) is 17.1 Å². The minimum absolute atomic E-state index is 0.120. The van der Waals surface area contributed by atoms with E-state index >= 15 is 0 Å². The van der Waals surface area contributed by atoms with Gasteiger partial charge in [-0.05, 0) is 35.9 Å². The SMILES string of the molecule is N#Cc1cc(NCc2cc(O)cc(F)c2)ccc1Cl. The minimum atomic E-state index is -0.495. The van der Waals surface area contributed by atoms with Crippen molar-refractivity contribution < 1.29 is 9.50 Å². The highest BCUT2D eigenvalue weighted by molar-refractivity contribution is 6.31. The normalized spacial score (nSPS) is 9.95. The van der Waals surface area contributed by atoms with E-state index < -0.39 is 5.82 Å². The summed E-state index contributed by atoms with van der Waals surface area (Å²) in [6.07, 6.45) is 0. The highest BCUT2D eigenvalue weighted by atomic mass is 35.5. The van der Waals surface area contributed by atoms with Crippen LogP contribution in [0.1, 0.15) is 11.1 Å². The van der Waals surface area contributed by atoms with Crippen molar-refractivity contribution in [2.45, 2.75) is 6.54 Å². The van der Waals surface area contributed by atoms with Gasteiger partial charge in [0.1, 0.15) is 17.6 Å². The van der Waals surface area contributed by atoms with Crippen molar-refractivity contribution in [2.24, 2.45) is 0 Å². The highest BCUT2D eigenvalue weighted by Gasteiger charge is 2.03. The summed E-state index contributed by atoms with van der Waals surface area (Å²) in [6.45, 7) is 0.331. The third-order valence-electron chi connectivity index (χ3n) is 2.53. The maximum atomic E-state index is 13.1. The second-order valence-electron chi connectivity index (χ2n) is 3.98. The summed E-state index contributed by atoms with van der Waals surface area (Å²) in [4.78, 5) is 0. The Balaban J connectivity index is 2.12. The highest BCUT2D eigenvalue weighted by Crippen LogP contribution is 2.21. The van der Waals surface area contributed by atoms with Crippen LogP contribution in [0.25, 0.3) is 0 Å². The van der Waals surface area contributed by atoms with Crippen LogP contribution in [0.5, 0.6) is 5.75 Å². The Morgan fingerprint density at radius 3 is 2.74 bits per heavy atom. The number of halogens is 2. The van der Waals surface area contributed by atoms with E-state index in [4.69, 9.17) is 16.9 Å². The Morgan fingerprint density at radius 1 is 1.26 bits per heavy atom. The first-order chi connectivity index (χ1) is 9.08. The molecule has 0 radical (unpaired) electrons. The van der Waals surface area contributed by atoms with E-state index in [1.54, 1.807) is 18.2 Å². The Morgan fingerprint density at radius 2 is 2.05 bits per heavy atom. The number of aromatic hydroxyl groups is 1. The zero-order valence-corrected chi connectivity index (χ0v) is 10.6. The number of nitrogens with one attached hydrogen (secondary N) is 1. The zero-order chi connectivity index (χ0) is 13.8. The molecule has 0 aliphatic heterocycles. The predicted octanol–water partition coefficient (Wildman–Crippen LogP) is 3.67. The average Bonchev–Trinajstić information content (AvgIpc) is 2.36. The van der Waals surface area contributed by atoms with E-state index in [2.05, 4.69) is 5.32 Å². The van der Waals surface area contributed by atoms with E-state index in [1.807, 2.05) is 6.07 Å². The first-order valence-electron chi connectivity index (χ1n) is 5.50. The van der Waals surface area contributed by atoms with Crippen molar-refractivity contribution in [2.75, 3.05) is 5.32 Å². The topological polar surface area (TPSA) is 56.0 Å². The molecule has 0 bridgehead atoms. The van der Waals surface area contributed by atoms with Crippen LogP contribution in [-0.2, 0) is 6.54 Å². The smallest absolute Gasteiger partial charge is 0.127 e. The first-order valence-corrected chi connectivity index (χ1v) is 5.88. The third kappa shape index (κ3) is 3.36. The molecule has 2 rings (SSSR count). The summed E-state index contributed by atoms with van der Waals surface area (Å²) in [5, 5.41) is 21.6. The molecule has 2 aromatic rings. The monoisotopic (exact) mass is 276 g/mol. The van der Waals surface area contributed by atoms with E-state index in [1.165, 1.54) is 12.1 Å². The fraction of sp³-hybridized carbons (Fsp3) is 0.0714. The molecular weight excluding hydrogens is 267 g/mol. The number of hydrogen-bond acceptors (Lipinski definition) is 3. The fourth-order valence-corrected chi connectivity index (χ4v) is 1.82. The summed E-state index contributed by atoms with van der Waals surface area (Å²) < 4.78 is 13.1. The van der Waals surface area contributed by atoms with Gasteiger partial charge in [0.15, 0.2) is 0 Å². The molecule has 2 aromatic carbocycles. The summed E-state index contributed by atoms with van der Waals surface area (Å²) in [7, 11) is 0. The van der Waals surface area contributed by atoms with Crippen LogP contribution in [0.4, 0.5) is 10.1 Å². The van der Waals surface area contributed by atoms with Gasteiger partial charge in [-0.1, -0.05) is 11.6 Å². The molecule has 0 saturated heterocycles. The number of anilines is 1. The lowest BCUT2D eigenvalue weighted by Gasteiger charge is -2.08. The van der Waals surface area contributed by atoms with Crippen molar-refractivity contribution >= 4 is 17.3 Å². The van der Waals surface area contributed by atoms with E-state index in [0.717, 1.165) is 6.07 Å². The second kappa shape index (κ2) is 5.59. The molecule has 0 aliphatic carbocycles. The lowest BCUT2D eigenvalue weighted by molar-refractivity contribution is 0.468. The van der Waals surface area contributed by atoms with Crippen molar-refractivity contribution in [1.82, 2.24) is 0 Å². The molecule has 0 atom stereocenters. The number of nitriles is 1. The minimum Gasteiger partial charge on any atom is -0.508 e. The second-order valence-corrected chi connectivity index (χ2v) is 4.38. The van der Waals surface area contributed by atoms with Gasteiger partial charge < -0.3 is 10.4 Å². The predicted molar refractivity (Wildman–Crippen MR) is 71.6 cm³/mol. The van der Waals surface area contributed by atoms with Crippen molar-refractivity contribution in [3.05, 3.63) is 58.4 Å². The van der Waals surface area contributed by atoms with Crippen LogP contribution >= 0.6 is 11.6 Å². The van der Waals surface area contributed by atoms with Crippen LogP contribution in [0.3, 0.4) is 0 Å². The van der Waals surface area contributed by atoms with Gasteiger partial charge >= 0.3 is 0 Å². The molecule has 0 heterocycles. The van der Waals surface area contributed by atoms with Gasteiger partial charge in [-0.15, -0.1) is 0 Å². The van der Waals surface area contributed by atoms with Crippen molar-refractivity contribution in [3.63, 3.8) is 0 Å². The average molecular weight is 277 g/mol. The van der Waals surface area contributed by atoms with Crippen LogP contribution < -0.4 is 5.32 Å². The first kappa shape index (κ1) is 13.2. The van der Waals surface area contributed by atoms with Crippen LogP contribution in [0.2, 0.25) is 5.02 Å². The molecule has 0 aromatic heterocycles. The number of phenolic OH excluding ortho intramolecular Hbond substituents is 1. The van der Waals surface area contributed by atoms with Gasteiger partial charge in [0.25, 0.3) is 0 Å². The zero-order valence-electron chi connectivity index (χ0n) is 9.82. The van der Waals surface area contributed by atoms with Crippen molar-refractivity contribution in [3.8, 4) is 11.8 Å². The Kier molecular flexibility index (Phi) is 3.88. The van der Waals surface area contributed by atoms with Crippen molar-refractivity contribution in [1.29, 1.82) is 5.26 Å². The standard InChI is InChI=1S/C14H10ClFN2O/c15-14-2-1-12(5-10(14)7-17)18-8-9-3-11(16)6-13(19)4-9/h1-6,18-19H,8H2. The lowest BCUT2D eigenvalue weighted by atomic mass is 10.2. The lowest BCUT2D eigenvalue weighted by Crippen LogP contribution is -2.00. The Hall–Kier alpha value is -2.25. The molecule has 19 heavy (non-hydrogen) atoms. The number of hydrogen-bond donors (Lipinski definition) is 2. The van der Waals surface area contributed by atoms with Gasteiger partial charge in [-0.2, -0.15) is 5.26 Å². The van der Waals surface area contributed by atoms with Crippen LogP contribution in [-0.4, -0.2) is 5.11 Å². The van der Waals surface area contributed by atoms with Gasteiger partial charge in [-0.3, -0.25) is 0 Å². The molecule has 96 valence electrons. The molecule has 0 amide bonds. The number of phenols is 1. The Bertz CT molecular complexity index is 632. The number of benzene rings is 2. The van der Waals surface area contributed by atoms with E-state index in [-0.39, 0.29) is 5.75 Å². The molecule has 0 spiro atoms. The molecule has 0 fully saturated rings.